The highest BCUT2D eigenvalue weighted by Crippen LogP contribution is 2.25. The van der Waals surface area contributed by atoms with Gasteiger partial charge in [0, 0.05) is 28.7 Å². The van der Waals surface area contributed by atoms with Crippen LogP contribution in [0.25, 0.3) is 17.4 Å². The van der Waals surface area contributed by atoms with Gasteiger partial charge in [-0.3, -0.25) is 4.79 Å². The first-order valence-corrected chi connectivity index (χ1v) is 10.1. The van der Waals surface area contributed by atoms with Crippen molar-refractivity contribution in [3.63, 3.8) is 0 Å². The number of hydrogen-bond acceptors (Lipinski definition) is 4. The molecular weight excluding hydrogens is 437 g/mol. The Morgan fingerprint density at radius 3 is 2.52 bits per heavy atom. The minimum absolute atomic E-state index is 0.279. The molecule has 1 aromatic heterocycles. The molecule has 3 aromatic rings. The van der Waals surface area contributed by atoms with Crippen molar-refractivity contribution in [2.24, 2.45) is 0 Å². The molecule has 0 amide bonds. The SMILES string of the molecule is O=C(/C=C/c1ccc(-c2ccc(Br)cc2)o1)c1ccc(N2CCOCC2)c(F)c1. The van der Waals surface area contributed by atoms with Crippen LogP contribution in [0.1, 0.15) is 16.1 Å². The Morgan fingerprint density at radius 1 is 1.03 bits per heavy atom. The molecule has 2 aromatic carbocycles. The van der Waals surface area contributed by atoms with E-state index in [1.165, 1.54) is 12.1 Å². The van der Waals surface area contributed by atoms with Crippen LogP contribution < -0.4 is 4.90 Å². The van der Waals surface area contributed by atoms with Gasteiger partial charge in [0.25, 0.3) is 0 Å². The van der Waals surface area contributed by atoms with Gasteiger partial charge in [0.1, 0.15) is 17.3 Å². The average molecular weight is 456 g/mol. The molecule has 0 saturated carbocycles. The summed E-state index contributed by atoms with van der Waals surface area (Å²) in [5.74, 6) is 0.591. The van der Waals surface area contributed by atoms with Crippen LogP contribution in [0.4, 0.5) is 10.1 Å². The number of benzene rings is 2. The highest BCUT2D eigenvalue weighted by Gasteiger charge is 2.16. The maximum Gasteiger partial charge on any atom is 0.186 e. The Bertz CT molecular complexity index is 1040. The third kappa shape index (κ3) is 4.66. The Morgan fingerprint density at radius 2 is 1.79 bits per heavy atom. The summed E-state index contributed by atoms with van der Waals surface area (Å²) >= 11 is 3.40. The highest BCUT2D eigenvalue weighted by molar-refractivity contribution is 9.10. The van der Waals surface area contributed by atoms with Crippen molar-refractivity contribution in [1.29, 1.82) is 0 Å². The van der Waals surface area contributed by atoms with Crippen molar-refractivity contribution < 1.29 is 18.3 Å². The zero-order valence-corrected chi connectivity index (χ0v) is 17.2. The van der Waals surface area contributed by atoms with Crippen LogP contribution in [-0.4, -0.2) is 32.1 Å². The number of allylic oxidation sites excluding steroid dienone is 1. The minimum Gasteiger partial charge on any atom is -0.457 e. The van der Waals surface area contributed by atoms with Crippen molar-refractivity contribution in [2.75, 3.05) is 31.2 Å². The molecule has 1 saturated heterocycles. The topological polar surface area (TPSA) is 42.7 Å². The molecule has 2 heterocycles. The second-order valence-electron chi connectivity index (χ2n) is 6.67. The number of ether oxygens (including phenoxy) is 1. The molecule has 1 fully saturated rings. The molecule has 0 spiro atoms. The van der Waals surface area contributed by atoms with E-state index in [0.717, 1.165) is 10.0 Å². The van der Waals surface area contributed by atoms with Gasteiger partial charge < -0.3 is 14.1 Å². The molecule has 0 unspecified atom stereocenters. The lowest BCUT2D eigenvalue weighted by atomic mass is 10.1. The van der Waals surface area contributed by atoms with E-state index in [0.29, 0.717) is 49.1 Å². The zero-order valence-electron chi connectivity index (χ0n) is 15.6. The number of anilines is 1. The van der Waals surface area contributed by atoms with Crippen molar-refractivity contribution in [2.45, 2.75) is 0 Å². The summed E-state index contributed by atoms with van der Waals surface area (Å²) in [6.07, 6.45) is 2.99. The number of ketones is 1. The van der Waals surface area contributed by atoms with Crippen molar-refractivity contribution in [3.05, 3.63) is 82.3 Å². The molecule has 1 aliphatic heterocycles. The van der Waals surface area contributed by atoms with E-state index in [4.69, 9.17) is 9.15 Å². The van der Waals surface area contributed by atoms with Gasteiger partial charge in [0.15, 0.2) is 5.78 Å². The molecule has 0 atom stereocenters. The number of halogens is 2. The highest BCUT2D eigenvalue weighted by atomic mass is 79.9. The fraction of sp³-hybridized carbons (Fsp3) is 0.174. The van der Waals surface area contributed by atoms with Crippen molar-refractivity contribution in [1.82, 2.24) is 0 Å². The Kier molecular flexibility index (Phi) is 5.92. The number of nitrogens with zero attached hydrogens (tertiary/aromatic N) is 1. The zero-order chi connectivity index (χ0) is 20.2. The van der Waals surface area contributed by atoms with Gasteiger partial charge in [-0.05, 0) is 54.6 Å². The summed E-state index contributed by atoms with van der Waals surface area (Å²) in [5, 5.41) is 0. The Labute approximate surface area is 176 Å². The van der Waals surface area contributed by atoms with Gasteiger partial charge in [0.05, 0.1) is 18.9 Å². The van der Waals surface area contributed by atoms with Crippen molar-refractivity contribution in [3.8, 4) is 11.3 Å². The van der Waals surface area contributed by atoms with Crippen LogP contribution >= 0.6 is 15.9 Å². The number of furan rings is 1. The number of carbonyl (C=O) groups excluding carboxylic acids is 1. The van der Waals surface area contributed by atoms with Crippen LogP contribution in [0.5, 0.6) is 0 Å². The normalized spacial score (nSPS) is 14.5. The summed E-state index contributed by atoms with van der Waals surface area (Å²) in [4.78, 5) is 14.4. The molecule has 148 valence electrons. The summed E-state index contributed by atoms with van der Waals surface area (Å²) in [5.41, 5.74) is 1.74. The molecule has 29 heavy (non-hydrogen) atoms. The monoisotopic (exact) mass is 455 g/mol. The van der Waals surface area contributed by atoms with E-state index in [9.17, 15) is 9.18 Å². The van der Waals surface area contributed by atoms with Crippen LogP contribution in [-0.2, 0) is 4.74 Å². The lowest BCUT2D eigenvalue weighted by Gasteiger charge is -2.29. The molecule has 4 rings (SSSR count). The molecule has 1 aliphatic rings. The molecule has 0 bridgehead atoms. The van der Waals surface area contributed by atoms with Gasteiger partial charge in [-0.25, -0.2) is 4.39 Å². The van der Waals surface area contributed by atoms with Crippen LogP contribution in [0.2, 0.25) is 0 Å². The molecule has 4 nitrogen and oxygen atoms in total. The fourth-order valence-corrected chi connectivity index (χ4v) is 3.45. The summed E-state index contributed by atoms with van der Waals surface area (Å²) in [7, 11) is 0. The van der Waals surface area contributed by atoms with E-state index in [1.807, 2.05) is 35.2 Å². The first-order chi connectivity index (χ1) is 14.1. The third-order valence-electron chi connectivity index (χ3n) is 4.74. The smallest absolute Gasteiger partial charge is 0.186 e. The minimum atomic E-state index is -0.401. The molecular formula is C23H19BrFNO3. The third-order valence-corrected chi connectivity index (χ3v) is 5.27. The first-order valence-electron chi connectivity index (χ1n) is 9.30. The Balaban J connectivity index is 1.45. The van der Waals surface area contributed by atoms with Gasteiger partial charge in [-0.2, -0.15) is 0 Å². The predicted octanol–water partition coefficient (Wildman–Crippen LogP) is 5.58. The maximum atomic E-state index is 14.5. The van der Waals surface area contributed by atoms with Gasteiger partial charge in [-0.1, -0.05) is 28.1 Å². The summed E-state index contributed by atoms with van der Waals surface area (Å²) < 4.78 is 26.6. The number of morpholine rings is 1. The van der Waals surface area contributed by atoms with Crippen LogP contribution in [0.3, 0.4) is 0 Å². The van der Waals surface area contributed by atoms with Crippen LogP contribution in [0.15, 0.2) is 69.6 Å². The molecule has 0 aliphatic carbocycles. The van der Waals surface area contributed by atoms with Gasteiger partial charge >= 0.3 is 0 Å². The molecule has 6 heteroatoms. The largest absolute Gasteiger partial charge is 0.457 e. The number of hydrogen-bond donors (Lipinski definition) is 0. The number of rotatable bonds is 5. The maximum absolute atomic E-state index is 14.5. The summed E-state index contributed by atoms with van der Waals surface area (Å²) in [6.45, 7) is 2.44. The lowest BCUT2D eigenvalue weighted by molar-refractivity contribution is 0.104. The van der Waals surface area contributed by atoms with Gasteiger partial charge in [0.2, 0.25) is 0 Å². The van der Waals surface area contributed by atoms with E-state index >= 15 is 0 Å². The van der Waals surface area contributed by atoms with E-state index in [1.54, 1.807) is 24.3 Å². The van der Waals surface area contributed by atoms with Crippen molar-refractivity contribution >= 4 is 33.5 Å². The average Bonchev–Trinajstić information content (AvgIpc) is 3.22. The van der Waals surface area contributed by atoms with Gasteiger partial charge in [-0.15, -0.1) is 0 Å². The van der Waals surface area contributed by atoms with E-state index in [2.05, 4.69) is 15.9 Å². The molecule has 0 radical (unpaired) electrons. The Hall–Kier alpha value is -2.70. The second kappa shape index (κ2) is 8.76. The van der Waals surface area contributed by atoms with E-state index < -0.39 is 5.82 Å². The lowest BCUT2D eigenvalue weighted by Crippen LogP contribution is -2.36. The van der Waals surface area contributed by atoms with Crippen LogP contribution in [0, 0.1) is 5.82 Å². The second-order valence-corrected chi connectivity index (χ2v) is 7.59. The van der Waals surface area contributed by atoms with E-state index in [-0.39, 0.29) is 5.78 Å². The molecule has 0 N–H and O–H groups in total. The quantitative estimate of drug-likeness (QED) is 0.371. The number of carbonyl (C=O) groups is 1. The summed E-state index contributed by atoms with van der Waals surface area (Å²) in [6, 6.07) is 16.0. The first kappa shape index (κ1) is 19.6. The standard InChI is InChI=1S/C23H19BrFNO3/c24-18-4-1-16(2-5-18)23-10-7-19(29-23)6-9-22(27)17-3-8-21(20(25)15-17)26-11-13-28-14-12-26/h1-10,15H,11-14H2/b9-6+. The predicted molar refractivity (Wildman–Crippen MR) is 115 cm³/mol. The fourth-order valence-electron chi connectivity index (χ4n) is 3.19.